The largest absolute Gasteiger partial charge is 0.455 e. The van der Waals surface area contributed by atoms with Crippen molar-refractivity contribution in [3.05, 3.63) is 132 Å². The maximum atomic E-state index is 9.03. The maximum absolute atomic E-state index is 9.03. The third-order valence-electron chi connectivity index (χ3n) is 5.05. The lowest BCUT2D eigenvalue weighted by molar-refractivity contribution is 0.602. The number of hydrogen-bond donors (Lipinski definition) is 0. The minimum absolute atomic E-state index is 0.157. The number of furan rings is 1. The predicted molar refractivity (Wildman–Crippen MR) is 143 cm³/mol. The Bertz CT molecular complexity index is 2490. The Balaban J connectivity index is 1.95. The van der Waals surface area contributed by atoms with Gasteiger partial charge in [-0.3, -0.25) is 0 Å². The summed E-state index contributed by atoms with van der Waals surface area (Å²) < 4.78 is 187. The van der Waals surface area contributed by atoms with Crippen LogP contribution in [0, 0.1) is 6.92 Å². The molecular weight excluding hydrogens is 412 g/mol. The molecule has 0 aliphatic rings. The first-order valence-corrected chi connectivity index (χ1v) is 9.91. The van der Waals surface area contributed by atoms with E-state index in [1.165, 1.54) is 6.92 Å². The third kappa shape index (κ3) is 3.43. The lowest BCUT2D eigenvalue weighted by Gasteiger charge is -2.11. The number of rotatable bonds is 4. The van der Waals surface area contributed by atoms with Crippen LogP contribution in [0.15, 0.2) is 131 Å². The zero-order valence-electron chi connectivity index (χ0n) is 38.4. The summed E-state index contributed by atoms with van der Waals surface area (Å²) in [7, 11) is 0. The van der Waals surface area contributed by atoms with E-state index in [4.69, 9.17) is 33.2 Å². The van der Waals surface area contributed by atoms with Crippen LogP contribution >= 0.6 is 0 Å². The van der Waals surface area contributed by atoms with Crippen molar-refractivity contribution in [3.63, 3.8) is 0 Å². The van der Waals surface area contributed by atoms with Crippen LogP contribution in [0.4, 0.5) is 0 Å². The molecule has 0 N–H and O–H groups in total. The highest BCUT2D eigenvalue weighted by Gasteiger charge is 2.20. The zero-order chi connectivity index (χ0) is 41.2. The first-order valence-electron chi connectivity index (χ1n) is 20.4. The molecule has 1 nitrogen and oxygen atoms in total. The molecule has 0 spiro atoms. The van der Waals surface area contributed by atoms with Gasteiger partial charge in [0.05, 0.1) is 28.8 Å². The van der Waals surface area contributed by atoms with Crippen LogP contribution in [-0.2, 0) is 0 Å². The van der Waals surface area contributed by atoms with Crippen molar-refractivity contribution in [2.75, 3.05) is 0 Å². The SMILES string of the molecule is [2H]c1c([2H])c([2H])c(-c2c([2H])c([2H])c([2H])c([2H])c2-c2oc(-c3c([2H])c([2H])c([2H])c([2H])c3-c3c([2H])c([2H])c([2H])c([2H])c3C)c3c([2H])c([2H])c([2H])c([2H])c23)c([2H])c1[2H]. The first kappa shape index (κ1) is 7.85. The second-order valence-electron chi connectivity index (χ2n) is 7.01. The van der Waals surface area contributed by atoms with E-state index in [9.17, 15) is 0 Å². The molecule has 34 heavy (non-hydrogen) atoms. The van der Waals surface area contributed by atoms with E-state index in [1.807, 2.05) is 0 Å². The van der Waals surface area contributed by atoms with Crippen molar-refractivity contribution >= 4 is 10.8 Å². The molecule has 0 atom stereocenters. The summed E-state index contributed by atoms with van der Waals surface area (Å²) >= 11 is 0. The molecule has 0 amide bonds. The molecule has 1 heteroatoms. The zero-order valence-corrected chi connectivity index (χ0v) is 17.4. The van der Waals surface area contributed by atoms with E-state index in [0.717, 1.165) is 0 Å². The van der Waals surface area contributed by atoms with E-state index in [1.54, 1.807) is 0 Å². The van der Waals surface area contributed by atoms with Gasteiger partial charge >= 0.3 is 0 Å². The van der Waals surface area contributed by atoms with Gasteiger partial charge in [0.2, 0.25) is 0 Å². The molecule has 0 bridgehead atoms. The summed E-state index contributed by atoms with van der Waals surface area (Å²) in [5.41, 5.74) is -3.88. The molecule has 162 valence electrons. The van der Waals surface area contributed by atoms with Gasteiger partial charge in [-0.2, -0.15) is 0 Å². The highest BCUT2D eigenvalue weighted by Crippen LogP contribution is 2.44. The summed E-state index contributed by atoms with van der Waals surface area (Å²) in [6.07, 6.45) is 0. The van der Waals surface area contributed by atoms with E-state index >= 15 is 0 Å². The van der Waals surface area contributed by atoms with Crippen molar-refractivity contribution in [1.29, 1.82) is 0 Å². The highest BCUT2D eigenvalue weighted by molar-refractivity contribution is 6.06. The Morgan fingerprint density at radius 2 is 0.882 bits per heavy atom. The van der Waals surface area contributed by atoms with Crippen LogP contribution in [-0.4, -0.2) is 0 Å². The Labute approximate surface area is 229 Å². The second-order valence-corrected chi connectivity index (χ2v) is 7.01. The van der Waals surface area contributed by atoms with Gasteiger partial charge < -0.3 is 4.42 Å². The Hall–Kier alpha value is -4.36. The first-order chi connectivity index (χ1) is 25.5. The smallest absolute Gasteiger partial charge is 0.143 e. The molecule has 1 heterocycles. The van der Waals surface area contributed by atoms with Gasteiger partial charge in [-0.1, -0.05) is 127 Å². The Kier molecular flexibility index (Phi) is 1.97. The van der Waals surface area contributed by atoms with Gasteiger partial charge in [0, 0.05) is 21.9 Å². The van der Waals surface area contributed by atoms with Gasteiger partial charge in [0.25, 0.3) is 0 Å². The van der Waals surface area contributed by atoms with Gasteiger partial charge in [-0.15, -0.1) is 0 Å². The molecule has 0 unspecified atom stereocenters. The Morgan fingerprint density at radius 3 is 1.53 bits per heavy atom. The van der Waals surface area contributed by atoms with Gasteiger partial charge in [-0.25, -0.2) is 0 Å². The fourth-order valence-electron chi connectivity index (χ4n) is 3.55. The molecule has 0 aliphatic carbocycles. The molecular formula is C33H24O. The van der Waals surface area contributed by atoms with Crippen molar-refractivity contribution in [2.24, 2.45) is 0 Å². The minimum Gasteiger partial charge on any atom is -0.455 e. The number of hydrogen-bond acceptors (Lipinski definition) is 1. The van der Waals surface area contributed by atoms with Crippen molar-refractivity contribution in [3.8, 4) is 44.9 Å². The molecule has 0 saturated heterocycles. The van der Waals surface area contributed by atoms with Gasteiger partial charge in [-0.05, 0) is 34.7 Å². The van der Waals surface area contributed by atoms with Crippen LogP contribution in [0.2, 0.25) is 0 Å². The quantitative estimate of drug-likeness (QED) is 0.257. The molecule has 6 aromatic rings. The average Bonchev–Trinajstić information content (AvgIpc) is 3.54. The van der Waals surface area contributed by atoms with Crippen LogP contribution < -0.4 is 0 Å². The van der Waals surface area contributed by atoms with E-state index in [2.05, 4.69) is 0 Å². The summed E-state index contributed by atoms with van der Waals surface area (Å²) in [5.74, 6) is -1.47. The van der Waals surface area contributed by atoms with E-state index in [-0.39, 0.29) is 5.56 Å². The van der Waals surface area contributed by atoms with Crippen LogP contribution in [0.3, 0.4) is 0 Å². The van der Waals surface area contributed by atoms with Crippen LogP contribution in [0.5, 0.6) is 0 Å². The van der Waals surface area contributed by atoms with Gasteiger partial charge in [0.15, 0.2) is 0 Å². The monoisotopic (exact) mass is 457 g/mol. The summed E-state index contributed by atoms with van der Waals surface area (Å²) in [4.78, 5) is 0. The van der Waals surface area contributed by atoms with E-state index in [0.29, 0.717) is 0 Å². The van der Waals surface area contributed by atoms with Crippen molar-refractivity contribution in [1.82, 2.24) is 0 Å². The molecule has 0 fully saturated rings. The number of benzene rings is 5. The third-order valence-corrected chi connectivity index (χ3v) is 5.05. The Morgan fingerprint density at radius 1 is 0.441 bits per heavy atom. The van der Waals surface area contributed by atoms with Crippen molar-refractivity contribution in [2.45, 2.75) is 6.92 Å². The number of fused-ring (bicyclic) bond motifs is 1. The topological polar surface area (TPSA) is 13.1 Å². The maximum Gasteiger partial charge on any atom is 0.143 e. The molecule has 0 radical (unpaired) electrons. The predicted octanol–water partition coefficient (Wildman–Crippen LogP) is 9.41. The van der Waals surface area contributed by atoms with Gasteiger partial charge in [0.1, 0.15) is 11.5 Å². The molecule has 1 aromatic heterocycles. The van der Waals surface area contributed by atoms with Crippen molar-refractivity contribution < 1.29 is 33.2 Å². The van der Waals surface area contributed by atoms with Crippen LogP contribution in [0.1, 0.15) is 34.3 Å². The highest BCUT2D eigenvalue weighted by atomic mass is 16.3. The lowest BCUT2D eigenvalue weighted by atomic mass is 9.93. The molecule has 6 rings (SSSR count). The second kappa shape index (κ2) is 8.53. The summed E-state index contributed by atoms with van der Waals surface area (Å²) in [6.45, 7) is 1.28. The summed E-state index contributed by atoms with van der Waals surface area (Å²) in [6, 6.07) is -17.5. The minimum atomic E-state index is -0.930. The molecule has 0 saturated carbocycles. The fraction of sp³-hybridized carbons (Fsp3) is 0.0303. The lowest BCUT2D eigenvalue weighted by Crippen LogP contribution is -1.87. The normalized spacial score (nSPS) is 19.7. The molecule has 5 aromatic carbocycles. The summed E-state index contributed by atoms with van der Waals surface area (Å²) in [5, 5.41) is -1.14. The fourth-order valence-corrected chi connectivity index (χ4v) is 3.55. The molecule has 0 aliphatic heterocycles. The van der Waals surface area contributed by atoms with E-state index < -0.39 is 183 Å². The average molecular weight is 458 g/mol. The standard InChI is InChI=1S/C33H24O/c1-23-13-5-6-16-25(23)27-18-8-10-20-29(27)33-31-22-12-11-21-30(31)32(34-33)28-19-9-7-17-26(28)24-14-3-2-4-15-24/h2-22H,1H3/i2D,3D,4D,5D,6D,7D,8D,9D,10D,11D,12D,13D,14D,15D,16D,17D,18D,19D,20D,21D,22D. The van der Waals surface area contributed by atoms with Crippen LogP contribution in [0.25, 0.3) is 55.7 Å².